The molecule has 4 heteroatoms. The Morgan fingerprint density at radius 1 is 1.35 bits per heavy atom. The van der Waals surface area contributed by atoms with Crippen LogP contribution in [0.25, 0.3) is 0 Å². The Labute approximate surface area is 125 Å². The summed E-state index contributed by atoms with van der Waals surface area (Å²) >= 11 is 5.87. The predicted octanol–water partition coefficient (Wildman–Crippen LogP) is 3.71. The van der Waals surface area contributed by atoms with Crippen molar-refractivity contribution >= 4 is 17.5 Å². The minimum atomic E-state index is 0.0284. The van der Waals surface area contributed by atoms with Gasteiger partial charge in [0.15, 0.2) is 0 Å². The molecule has 0 spiro atoms. The standard InChI is InChI=1S/C16H22ClNO2/c1-12-11-13(7-8-15(12)19)16(20)18(10-9-17)14-5-3-2-4-6-14/h7-8,11,14,19H,2-6,9-10H2,1H3. The Balaban J connectivity index is 2.18. The maximum atomic E-state index is 12.7. The molecule has 1 aliphatic rings. The van der Waals surface area contributed by atoms with Gasteiger partial charge in [-0.15, -0.1) is 11.6 Å². The molecule has 20 heavy (non-hydrogen) atoms. The van der Waals surface area contributed by atoms with Crippen LogP contribution in [0.4, 0.5) is 0 Å². The number of benzene rings is 1. The van der Waals surface area contributed by atoms with E-state index in [1.165, 1.54) is 19.3 Å². The lowest BCUT2D eigenvalue weighted by molar-refractivity contribution is 0.0649. The van der Waals surface area contributed by atoms with Gasteiger partial charge >= 0.3 is 0 Å². The first kappa shape index (κ1) is 15.2. The van der Waals surface area contributed by atoms with E-state index >= 15 is 0 Å². The number of carbonyl (C=O) groups is 1. The summed E-state index contributed by atoms with van der Waals surface area (Å²) < 4.78 is 0. The number of phenols is 1. The van der Waals surface area contributed by atoms with Gasteiger partial charge in [0.2, 0.25) is 0 Å². The number of halogens is 1. The number of hydrogen-bond donors (Lipinski definition) is 1. The molecule has 1 N–H and O–H groups in total. The molecule has 0 saturated heterocycles. The summed E-state index contributed by atoms with van der Waals surface area (Å²) in [4.78, 5) is 14.6. The van der Waals surface area contributed by atoms with Gasteiger partial charge in [0.05, 0.1) is 0 Å². The van der Waals surface area contributed by atoms with Crippen molar-refractivity contribution in [2.45, 2.75) is 45.1 Å². The molecule has 0 heterocycles. The Kier molecular flexibility index (Phi) is 5.30. The van der Waals surface area contributed by atoms with Crippen LogP contribution >= 0.6 is 11.6 Å². The highest BCUT2D eigenvalue weighted by Gasteiger charge is 2.25. The fraction of sp³-hybridized carbons (Fsp3) is 0.562. The molecular weight excluding hydrogens is 274 g/mol. The first-order valence-electron chi connectivity index (χ1n) is 7.30. The minimum absolute atomic E-state index is 0.0284. The van der Waals surface area contributed by atoms with E-state index in [4.69, 9.17) is 11.6 Å². The highest BCUT2D eigenvalue weighted by molar-refractivity contribution is 6.18. The molecule has 1 amide bonds. The molecule has 0 bridgehead atoms. The number of rotatable bonds is 4. The normalized spacial score (nSPS) is 16.1. The number of phenolic OH excluding ortho intramolecular Hbond substituents is 1. The van der Waals surface area contributed by atoms with Crippen molar-refractivity contribution in [3.8, 4) is 5.75 Å². The summed E-state index contributed by atoms with van der Waals surface area (Å²) in [5.41, 5.74) is 1.36. The van der Waals surface area contributed by atoms with Gasteiger partial charge in [0.1, 0.15) is 5.75 Å². The van der Waals surface area contributed by atoms with Gasteiger partial charge in [-0.05, 0) is 43.5 Å². The SMILES string of the molecule is Cc1cc(C(=O)N(CCCl)C2CCCCC2)ccc1O. The van der Waals surface area contributed by atoms with Gasteiger partial charge in [-0.2, -0.15) is 0 Å². The average molecular weight is 296 g/mol. The van der Waals surface area contributed by atoms with E-state index in [0.29, 0.717) is 24.0 Å². The van der Waals surface area contributed by atoms with Crippen LogP contribution in [0.15, 0.2) is 18.2 Å². The molecule has 1 aliphatic carbocycles. The van der Waals surface area contributed by atoms with Gasteiger partial charge in [0, 0.05) is 24.0 Å². The second-order valence-corrected chi connectivity index (χ2v) is 5.86. The smallest absolute Gasteiger partial charge is 0.254 e. The van der Waals surface area contributed by atoms with Crippen LogP contribution in [0.1, 0.15) is 48.0 Å². The zero-order valence-electron chi connectivity index (χ0n) is 11.9. The predicted molar refractivity (Wildman–Crippen MR) is 81.5 cm³/mol. The van der Waals surface area contributed by atoms with Crippen molar-refractivity contribution in [1.82, 2.24) is 4.90 Å². The number of nitrogens with zero attached hydrogens (tertiary/aromatic N) is 1. The summed E-state index contributed by atoms with van der Waals surface area (Å²) in [6.45, 7) is 2.39. The molecule has 110 valence electrons. The molecule has 1 fully saturated rings. The maximum absolute atomic E-state index is 12.7. The van der Waals surface area contributed by atoms with Crippen molar-refractivity contribution in [2.75, 3.05) is 12.4 Å². The highest BCUT2D eigenvalue weighted by Crippen LogP contribution is 2.25. The van der Waals surface area contributed by atoms with Crippen LogP contribution in [0.3, 0.4) is 0 Å². The van der Waals surface area contributed by atoms with Crippen molar-refractivity contribution in [3.63, 3.8) is 0 Å². The lowest BCUT2D eigenvalue weighted by atomic mass is 9.93. The molecule has 3 nitrogen and oxygen atoms in total. The number of aryl methyl sites for hydroxylation is 1. The topological polar surface area (TPSA) is 40.5 Å². The Bertz CT molecular complexity index is 470. The van der Waals surface area contributed by atoms with Crippen LogP contribution in [-0.4, -0.2) is 34.4 Å². The summed E-state index contributed by atoms with van der Waals surface area (Å²) in [5.74, 6) is 0.711. The number of hydrogen-bond acceptors (Lipinski definition) is 2. The molecular formula is C16H22ClNO2. The van der Waals surface area contributed by atoms with Crippen LogP contribution < -0.4 is 0 Å². The molecule has 0 aliphatic heterocycles. The molecule has 1 saturated carbocycles. The van der Waals surface area contributed by atoms with Crippen LogP contribution in [0.2, 0.25) is 0 Å². The second kappa shape index (κ2) is 6.98. The Morgan fingerprint density at radius 3 is 2.65 bits per heavy atom. The lowest BCUT2D eigenvalue weighted by Crippen LogP contribution is -2.42. The molecule has 1 aromatic carbocycles. The van der Waals surface area contributed by atoms with Gasteiger partial charge < -0.3 is 10.0 Å². The van der Waals surface area contributed by atoms with Crippen molar-refractivity contribution < 1.29 is 9.90 Å². The molecule has 1 aromatic rings. The monoisotopic (exact) mass is 295 g/mol. The fourth-order valence-electron chi connectivity index (χ4n) is 2.89. The van der Waals surface area contributed by atoms with E-state index in [1.807, 2.05) is 4.90 Å². The Morgan fingerprint density at radius 2 is 2.05 bits per heavy atom. The van der Waals surface area contributed by atoms with Crippen molar-refractivity contribution in [3.05, 3.63) is 29.3 Å². The summed E-state index contributed by atoms with van der Waals surface area (Å²) in [6.07, 6.45) is 5.77. The van der Waals surface area contributed by atoms with E-state index in [1.54, 1.807) is 25.1 Å². The fourth-order valence-corrected chi connectivity index (χ4v) is 3.07. The Hall–Kier alpha value is -1.22. The highest BCUT2D eigenvalue weighted by atomic mass is 35.5. The van der Waals surface area contributed by atoms with Crippen LogP contribution in [0.5, 0.6) is 5.75 Å². The summed E-state index contributed by atoms with van der Waals surface area (Å²) in [6, 6.07) is 5.34. The van der Waals surface area contributed by atoms with E-state index in [0.717, 1.165) is 18.4 Å². The third-order valence-electron chi connectivity index (χ3n) is 4.05. The van der Waals surface area contributed by atoms with E-state index in [-0.39, 0.29) is 11.7 Å². The van der Waals surface area contributed by atoms with E-state index in [2.05, 4.69) is 0 Å². The quantitative estimate of drug-likeness (QED) is 0.860. The second-order valence-electron chi connectivity index (χ2n) is 5.48. The van der Waals surface area contributed by atoms with Crippen LogP contribution in [-0.2, 0) is 0 Å². The lowest BCUT2D eigenvalue weighted by Gasteiger charge is -2.34. The zero-order chi connectivity index (χ0) is 14.5. The largest absolute Gasteiger partial charge is 0.508 e. The first-order chi connectivity index (χ1) is 9.63. The number of amides is 1. The van der Waals surface area contributed by atoms with Gasteiger partial charge in [-0.3, -0.25) is 4.79 Å². The molecule has 0 radical (unpaired) electrons. The number of alkyl halides is 1. The van der Waals surface area contributed by atoms with Crippen molar-refractivity contribution in [1.29, 1.82) is 0 Å². The molecule has 0 unspecified atom stereocenters. The van der Waals surface area contributed by atoms with Crippen molar-refractivity contribution in [2.24, 2.45) is 0 Å². The third kappa shape index (κ3) is 3.45. The number of aromatic hydroxyl groups is 1. The van der Waals surface area contributed by atoms with Gasteiger partial charge in [-0.25, -0.2) is 0 Å². The van der Waals surface area contributed by atoms with Gasteiger partial charge in [0.25, 0.3) is 5.91 Å². The maximum Gasteiger partial charge on any atom is 0.254 e. The zero-order valence-corrected chi connectivity index (χ0v) is 12.7. The number of carbonyl (C=O) groups excluding carboxylic acids is 1. The van der Waals surface area contributed by atoms with Crippen LogP contribution in [0, 0.1) is 6.92 Å². The molecule has 0 atom stereocenters. The van der Waals surface area contributed by atoms with E-state index < -0.39 is 0 Å². The third-order valence-corrected chi connectivity index (χ3v) is 4.21. The summed E-state index contributed by atoms with van der Waals surface area (Å²) in [5, 5.41) is 9.57. The molecule has 2 rings (SSSR count). The average Bonchev–Trinajstić information content (AvgIpc) is 2.48. The summed E-state index contributed by atoms with van der Waals surface area (Å²) in [7, 11) is 0. The molecule has 0 aromatic heterocycles. The minimum Gasteiger partial charge on any atom is -0.508 e. The first-order valence-corrected chi connectivity index (χ1v) is 7.83. The van der Waals surface area contributed by atoms with Gasteiger partial charge in [-0.1, -0.05) is 19.3 Å². The van der Waals surface area contributed by atoms with E-state index in [9.17, 15) is 9.90 Å².